The third-order valence-electron chi connectivity index (χ3n) is 5.10. The van der Waals surface area contributed by atoms with E-state index in [1.807, 2.05) is 30.3 Å². The summed E-state index contributed by atoms with van der Waals surface area (Å²) in [6.07, 6.45) is 9.99. The van der Waals surface area contributed by atoms with Gasteiger partial charge in [-0.1, -0.05) is 82.7 Å². The van der Waals surface area contributed by atoms with Gasteiger partial charge in [0.15, 0.2) is 5.71 Å². The highest BCUT2D eigenvalue weighted by atomic mass is 16.5. The second kappa shape index (κ2) is 13.6. The minimum absolute atomic E-state index is 0.0811. The van der Waals surface area contributed by atoms with Crippen LogP contribution in [-0.4, -0.2) is 22.9 Å². The van der Waals surface area contributed by atoms with Crippen LogP contribution in [0.3, 0.4) is 0 Å². The summed E-state index contributed by atoms with van der Waals surface area (Å²) in [7, 11) is 0. The highest BCUT2D eigenvalue weighted by molar-refractivity contribution is 6.43. The highest BCUT2D eigenvalue weighted by Gasteiger charge is 2.20. The van der Waals surface area contributed by atoms with Gasteiger partial charge in [0.1, 0.15) is 11.9 Å². The molecule has 0 amide bonds. The number of aliphatic imine (C=N–C) groups is 1. The fourth-order valence-corrected chi connectivity index (χ4v) is 3.42. The molecule has 0 aliphatic rings. The number of carbonyl (C=O) groups excluding carboxylic acids is 1. The maximum absolute atomic E-state index is 13.1. The average Bonchev–Trinajstić information content (AvgIpc) is 2.76. The Bertz CT molecular complexity index is 769. The summed E-state index contributed by atoms with van der Waals surface area (Å²) < 4.78 is 5.91. The predicted octanol–water partition coefficient (Wildman–Crippen LogP) is 6.98. The lowest BCUT2D eigenvalue weighted by Gasteiger charge is -2.18. The fourth-order valence-electron chi connectivity index (χ4n) is 3.42. The van der Waals surface area contributed by atoms with Crippen molar-refractivity contribution in [3.63, 3.8) is 0 Å². The SMILES string of the molecule is CCCCCCCCC(CCC)OC(=O)C(=Nc1ccc(O)cc1)c1ccccc1. The minimum atomic E-state index is -0.390. The topological polar surface area (TPSA) is 58.9 Å². The molecular formula is C26H35NO3. The lowest BCUT2D eigenvalue weighted by molar-refractivity contribution is -0.141. The molecule has 0 saturated carbocycles. The molecule has 0 radical (unpaired) electrons. The smallest absolute Gasteiger partial charge is 0.357 e. The van der Waals surface area contributed by atoms with Crippen LogP contribution in [0.5, 0.6) is 5.75 Å². The summed E-state index contributed by atoms with van der Waals surface area (Å²) in [5, 5.41) is 9.51. The number of aromatic hydroxyl groups is 1. The monoisotopic (exact) mass is 409 g/mol. The molecular weight excluding hydrogens is 374 g/mol. The van der Waals surface area contributed by atoms with Gasteiger partial charge in [-0.25, -0.2) is 9.79 Å². The largest absolute Gasteiger partial charge is 0.508 e. The molecule has 4 heteroatoms. The zero-order valence-electron chi connectivity index (χ0n) is 18.3. The van der Waals surface area contributed by atoms with Gasteiger partial charge < -0.3 is 9.84 Å². The van der Waals surface area contributed by atoms with Gasteiger partial charge >= 0.3 is 5.97 Å². The van der Waals surface area contributed by atoms with Crippen molar-refractivity contribution < 1.29 is 14.6 Å². The van der Waals surface area contributed by atoms with E-state index in [0.29, 0.717) is 11.4 Å². The van der Waals surface area contributed by atoms with Crippen LogP contribution in [0.2, 0.25) is 0 Å². The zero-order chi connectivity index (χ0) is 21.6. The number of phenols is 1. The maximum atomic E-state index is 13.1. The van der Waals surface area contributed by atoms with E-state index in [2.05, 4.69) is 18.8 Å². The van der Waals surface area contributed by atoms with Gasteiger partial charge in [0.05, 0.1) is 5.69 Å². The van der Waals surface area contributed by atoms with Gasteiger partial charge in [-0.3, -0.25) is 0 Å². The molecule has 1 atom stereocenters. The van der Waals surface area contributed by atoms with Crippen molar-refractivity contribution in [2.75, 3.05) is 0 Å². The number of unbranched alkanes of at least 4 members (excludes halogenated alkanes) is 5. The number of nitrogens with zero attached hydrogens (tertiary/aromatic N) is 1. The molecule has 1 N–H and O–H groups in total. The number of benzene rings is 2. The van der Waals surface area contributed by atoms with Crippen LogP contribution >= 0.6 is 0 Å². The molecule has 0 saturated heterocycles. The molecule has 0 spiro atoms. The fraction of sp³-hybridized carbons (Fsp3) is 0.462. The quantitative estimate of drug-likeness (QED) is 0.221. The van der Waals surface area contributed by atoms with Crippen molar-refractivity contribution in [2.24, 2.45) is 4.99 Å². The maximum Gasteiger partial charge on any atom is 0.357 e. The summed E-state index contributed by atoms with van der Waals surface area (Å²) in [6, 6.07) is 15.9. The first-order valence-electron chi connectivity index (χ1n) is 11.3. The molecule has 30 heavy (non-hydrogen) atoms. The summed E-state index contributed by atoms with van der Waals surface area (Å²) in [5.41, 5.74) is 1.63. The van der Waals surface area contributed by atoms with Gasteiger partial charge in [0.2, 0.25) is 0 Å². The van der Waals surface area contributed by atoms with Gasteiger partial charge in [0, 0.05) is 5.56 Å². The van der Waals surface area contributed by atoms with Gasteiger partial charge in [0.25, 0.3) is 0 Å². The summed E-state index contributed by atoms with van der Waals surface area (Å²) in [6.45, 7) is 4.34. The van der Waals surface area contributed by atoms with Gasteiger partial charge in [-0.15, -0.1) is 0 Å². The van der Waals surface area contributed by atoms with Gasteiger partial charge in [-0.2, -0.15) is 0 Å². The Balaban J connectivity index is 2.08. The average molecular weight is 410 g/mol. The molecule has 0 bridgehead atoms. The Morgan fingerprint density at radius 1 is 0.867 bits per heavy atom. The van der Waals surface area contributed by atoms with Crippen LogP contribution < -0.4 is 0 Å². The summed E-state index contributed by atoms with van der Waals surface area (Å²) >= 11 is 0. The Morgan fingerprint density at radius 2 is 1.53 bits per heavy atom. The number of carbonyl (C=O) groups is 1. The first-order valence-corrected chi connectivity index (χ1v) is 11.3. The second-order valence-electron chi connectivity index (χ2n) is 7.72. The molecule has 2 aromatic rings. The number of rotatable bonds is 13. The number of ether oxygens (including phenoxy) is 1. The van der Waals surface area contributed by atoms with Crippen LogP contribution in [-0.2, 0) is 9.53 Å². The Hall–Kier alpha value is -2.62. The van der Waals surface area contributed by atoms with Crippen LogP contribution in [0, 0.1) is 0 Å². The van der Waals surface area contributed by atoms with Crippen molar-refractivity contribution in [3.8, 4) is 5.75 Å². The Labute approximate surface area is 181 Å². The van der Waals surface area contributed by atoms with Crippen molar-refractivity contribution in [1.82, 2.24) is 0 Å². The third kappa shape index (κ3) is 8.40. The first-order chi connectivity index (χ1) is 14.6. The lowest BCUT2D eigenvalue weighted by Crippen LogP contribution is -2.25. The number of hydrogen-bond acceptors (Lipinski definition) is 4. The Morgan fingerprint density at radius 3 is 2.20 bits per heavy atom. The molecule has 0 aliphatic carbocycles. The van der Waals surface area contributed by atoms with E-state index in [0.717, 1.165) is 31.2 Å². The number of hydrogen-bond donors (Lipinski definition) is 1. The summed E-state index contributed by atoms with van der Waals surface area (Å²) in [5.74, 6) is -0.224. The van der Waals surface area contributed by atoms with Crippen LogP contribution in [0.1, 0.15) is 77.2 Å². The van der Waals surface area contributed by atoms with E-state index in [9.17, 15) is 9.90 Å². The van der Waals surface area contributed by atoms with E-state index >= 15 is 0 Å². The van der Waals surface area contributed by atoms with Crippen molar-refractivity contribution >= 4 is 17.4 Å². The predicted molar refractivity (Wildman–Crippen MR) is 124 cm³/mol. The number of esters is 1. The van der Waals surface area contributed by atoms with E-state index < -0.39 is 5.97 Å². The third-order valence-corrected chi connectivity index (χ3v) is 5.10. The molecule has 2 rings (SSSR count). The van der Waals surface area contributed by atoms with Crippen LogP contribution in [0.4, 0.5) is 5.69 Å². The molecule has 162 valence electrons. The second-order valence-corrected chi connectivity index (χ2v) is 7.72. The molecule has 2 aromatic carbocycles. The normalized spacial score (nSPS) is 12.5. The Kier molecular flexibility index (Phi) is 10.7. The van der Waals surface area contributed by atoms with Crippen molar-refractivity contribution in [3.05, 3.63) is 60.2 Å². The van der Waals surface area contributed by atoms with Gasteiger partial charge in [-0.05, 0) is 43.5 Å². The van der Waals surface area contributed by atoms with Crippen molar-refractivity contribution in [2.45, 2.75) is 77.7 Å². The van der Waals surface area contributed by atoms with Crippen LogP contribution in [0.15, 0.2) is 59.6 Å². The van der Waals surface area contributed by atoms with E-state index in [4.69, 9.17) is 4.74 Å². The standard InChI is InChI=1S/C26H35NO3/c1-3-5-6-7-8-12-16-24(13-4-2)30-26(29)25(21-14-10-9-11-15-21)27-22-17-19-23(28)20-18-22/h9-11,14-15,17-20,24,28H,3-8,12-13,16H2,1-2H3. The zero-order valence-corrected chi connectivity index (χ0v) is 18.3. The molecule has 0 aliphatic heterocycles. The molecule has 0 heterocycles. The highest BCUT2D eigenvalue weighted by Crippen LogP contribution is 2.20. The minimum Gasteiger partial charge on any atom is -0.508 e. The van der Waals surface area contributed by atoms with E-state index in [1.54, 1.807) is 24.3 Å². The summed E-state index contributed by atoms with van der Waals surface area (Å²) in [4.78, 5) is 17.6. The van der Waals surface area contributed by atoms with E-state index in [-0.39, 0.29) is 11.9 Å². The molecule has 0 aromatic heterocycles. The van der Waals surface area contributed by atoms with E-state index in [1.165, 1.54) is 32.1 Å². The first kappa shape index (κ1) is 23.7. The number of phenolic OH excluding ortho intramolecular Hbond substituents is 1. The molecule has 4 nitrogen and oxygen atoms in total. The molecule has 0 fully saturated rings. The lowest BCUT2D eigenvalue weighted by atomic mass is 10.0. The molecule has 1 unspecified atom stereocenters. The van der Waals surface area contributed by atoms with Crippen molar-refractivity contribution in [1.29, 1.82) is 0 Å². The van der Waals surface area contributed by atoms with Crippen LogP contribution in [0.25, 0.3) is 0 Å².